The van der Waals surface area contributed by atoms with Crippen molar-refractivity contribution in [3.63, 3.8) is 0 Å². The Labute approximate surface area is 149 Å². The van der Waals surface area contributed by atoms with Gasteiger partial charge in [-0.1, -0.05) is 6.07 Å². The summed E-state index contributed by atoms with van der Waals surface area (Å²) in [4.78, 5) is 24.3. The van der Waals surface area contributed by atoms with Gasteiger partial charge in [0.25, 0.3) is 0 Å². The highest BCUT2D eigenvalue weighted by atomic mass is 19.4. The molecule has 26 heavy (non-hydrogen) atoms. The minimum absolute atomic E-state index is 0.0979. The molecule has 0 aliphatic carbocycles. The van der Waals surface area contributed by atoms with Crippen molar-refractivity contribution in [2.24, 2.45) is 0 Å². The molecule has 0 spiro atoms. The minimum atomic E-state index is -4.44. The first-order valence-electron chi connectivity index (χ1n) is 7.92. The third-order valence-corrected chi connectivity index (χ3v) is 3.56. The Morgan fingerprint density at radius 1 is 1.00 bits per heavy atom. The smallest absolute Gasteiger partial charge is 0.416 e. The molecular formula is C17H22F3NO5. The number of nitrogens with zero attached hydrogens (tertiary/aromatic N) is 1. The second kappa shape index (κ2) is 10.6. The van der Waals surface area contributed by atoms with E-state index in [9.17, 15) is 22.8 Å². The van der Waals surface area contributed by atoms with Crippen molar-refractivity contribution in [3.05, 3.63) is 29.8 Å². The van der Waals surface area contributed by atoms with Gasteiger partial charge in [0.05, 0.1) is 32.6 Å². The van der Waals surface area contributed by atoms with Gasteiger partial charge in [-0.15, -0.1) is 0 Å². The Bertz CT molecular complexity index is 572. The van der Waals surface area contributed by atoms with Gasteiger partial charge in [-0.2, -0.15) is 13.2 Å². The van der Waals surface area contributed by atoms with Crippen LogP contribution in [0.1, 0.15) is 18.4 Å². The van der Waals surface area contributed by atoms with Gasteiger partial charge in [-0.25, -0.2) is 0 Å². The van der Waals surface area contributed by atoms with Gasteiger partial charge < -0.3 is 14.2 Å². The molecule has 0 aliphatic rings. The predicted octanol–water partition coefficient (Wildman–Crippen LogP) is 2.51. The molecule has 1 aromatic carbocycles. The van der Waals surface area contributed by atoms with Crippen LogP contribution in [0, 0.1) is 0 Å². The van der Waals surface area contributed by atoms with E-state index in [1.54, 1.807) is 4.90 Å². The topological polar surface area (TPSA) is 65.1 Å². The molecule has 0 aromatic heterocycles. The number of hydrogen-bond acceptors (Lipinski definition) is 6. The Hall–Kier alpha value is -2.29. The van der Waals surface area contributed by atoms with E-state index in [1.807, 2.05) is 0 Å². The molecule has 0 saturated carbocycles. The Morgan fingerprint density at radius 2 is 1.58 bits per heavy atom. The van der Waals surface area contributed by atoms with E-state index in [2.05, 4.69) is 9.47 Å². The molecule has 1 rings (SSSR count). The fraction of sp³-hybridized carbons (Fsp3) is 0.529. The second-order valence-corrected chi connectivity index (χ2v) is 5.37. The van der Waals surface area contributed by atoms with Crippen LogP contribution in [0.25, 0.3) is 0 Å². The molecule has 0 N–H and O–H groups in total. The molecule has 1 aromatic rings. The lowest BCUT2D eigenvalue weighted by Crippen LogP contribution is -2.33. The number of halogens is 3. The molecule has 0 radical (unpaired) electrons. The normalized spacial score (nSPS) is 11.3. The maximum absolute atomic E-state index is 12.7. The third kappa shape index (κ3) is 8.19. The number of hydrogen-bond donors (Lipinski definition) is 0. The second-order valence-electron chi connectivity index (χ2n) is 5.37. The molecule has 0 atom stereocenters. The zero-order valence-electron chi connectivity index (χ0n) is 14.7. The number of ether oxygens (including phenoxy) is 3. The van der Waals surface area contributed by atoms with Gasteiger partial charge >= 0.3 is 18.1 Å². The summed E-state index contributed by atoms with van der Waals surface area (Å²) in [6.07, 6.45) is -4.19. The summed E-state index contributed by atoms with van der Waals surface area (Å²) in [5.41, 5.74) is -0.789. The number of rotatable bonds is 10. The van der Waals surface area contributed by atoms with Crippen molar-refractivity contribution < 1.29 is 37.0 Å². The van der Waals surface area contributed by atoms with E-state index in [4.69, 9.17) is 4.74 Å². The Morgan fingerprint density at radius 3 is 2.08 bits per heavy atom. The van der Waals surface area contributed by atoms with E-state index in [0.29, 0.717) is 19.6 Å². The number of methoxy groups -OCH3 is 2. The summed E-state index contributed by atoms with van der Waals surface area (Å²) < 4.78 is 52.6. The molecule has 0 saturated heterocycles. The van der Waals surface area contributed by atoms with Crippen molar-refractivity contribution in [2.45, 2.75) is 19.0 Å². The molecular weight excluding hydrogens is 355 g/mol. The van der Waals surface area contributed by atoms with E-state index in [1.165, 1.54) is 26.4 Å². The van der Waals surface area contributed by atoms with Gasteiger partial charge in [0, 0.05) is 19.6 Å². The summed E-state index contributed by atoms with van der Waals surface area (Å²) in [6.45, 7) is 1.08. The first-order chi connectivity index (χ1) is 12.3. The highest BCUT2D eigenvalue weighted by Gasteiger charge is 2.30. The number of benzene rings is 1. The van der Waals surface area contributed by atoms with Gasteiger partial charge in [0.15, 0.2) is 0 Å². The van der Waals surface area contributed by atoms with Crippen LogP contribution in [-0.4, -0.2) is 57.3 Å². The van der Waals surface area contributed by atoms with Gasteiger partial charge in [0.2, 0.25) is 0 Å². The van der Waals surface area contributed by atoms with Gasteiger partial charge in [-0.05, 0) is 18.2 Å². The number of alkyl halides is 3. The van der Waals surface area contributed by atoms with Gasteiger partial charge in [-0.3, -0.25) is 14.5 Å². The van der Waals surface area contributed by atoms with E-state index in [-0.39, 0.29) is 25.2 Å². The SMILES string of the molecule is COC(=O)CCN(CCOc1cccc(C(F)(F)F)c1)CCC(=O)OC. The van der Waals surface area contributed by atoms with Crippen LogP contribution in [0.15, 0.2) is 24.3 Å². The zero-order valence-corrected chi connectivity index (χ0v) is 14.7. The van der Waals surface area contributed by atoms with Crippen LogP contribution in [0.5, 0.6) is 5.75 Å². The first-order valence-corrected chi connectivity index (χ1v) is 7.92. The standard InChI is InChI=1S/C17H22F3NO5/c1-24-15(22)6-8-21(9-7-16(23)25-2)10-11-26-14-5-3-4-13(12-14)17(18,19)20/h3-5,12H,6-11H2,1-2H3. The summed E-state index contributed by atoms with van der Waals surface area (Å²) in [7, 11) is 2.55. The average molecular weight is 377 g/mol. The largest absolute Gasteiger partial charge is 0.492 e. The lowest BCUT2D eigenvalue weighted by molar-refractivity contribution is -0.141. The van der Waals surface area contributed by atoms with Crippen LogP contribution in [0.2, 0.25) is 0 Å². The molecule has 0 amide bonds. The van der Waals surface area contributed by atoms with Crippen LogP contribution >= 0.6 is 0 Å². The molecule has 9 heteroatoms. The first kappa shape index (κ1) is 21.8. The monoisotopic (exact) mass is 377 g/mol. The number of carbonyl (C=O) groups excluding carboxylic acids is 2. The van der Waals surface area contributed by atoms with Crippen molar-refractivity contribution in [3.8, 4) is 5.75 Å². The minimum Gasteiger partial charge on any atom is -0.492 e. The van der Waals surface area contributed by atoms with Crippen LogP contribution in [0.3, 0.4) is 0 Å². The number of carbonyl (C=O) groups is 2. The molecule has 0 heterocycles. The van der Waals surface area contributed by atoms with Crippen LogP contribution in [-0.2, 0) is 25.2 Å². The summed E-state index contributed by atoms with van der Waals surface area (Å²) in [5, 5.41) is 0. The Kier molecular flexibility index (Phi) is 8.91. The molecule has 0 bridgehead atoms. The summed E-state index contributed by atoms with van der Waals surface area (Å²) >= 11 is 0. The highest BCUT2D eigenvalue weighted by Crippen LogP contribution is 2.31. The van der Waals surface area contributed by atoms with Crippen molar-refractivity contribution in [2.75, 3.05) is 40.5 Å². The van der Waals surface area contributed by atoms with E-state index < -0.39 is 23.7 Å². The van der Waals surface area contributed by atoms with Crippen LogP contribution < -0.4 is 4.74 Å². The zero-order chi connectivity index (χ0) is 19.6. The van der Waals surface area contributed by atoms with Crippen molar-refractivity contribution in [1.29, 1.82) is 0 Å². The van der Waals surface area contributed by atoms with Crippen molar-refractivity contribution >= 4 is 11.9 Å². The van der Waals surface area contributed by atoms with Gasteiger partial charge in [0.1, 0.15) is 12.4 Å². The van der Waals surface area contributed by atoms with E-state index >= 15 is 0 Å². The molecule has 0 aliphatic heterocycles. The molecule has 146 valence electrons. The maximum atomic E-state index is 12.7. The van der Waals surface area contributed by atoms with E-state index in [0.717, 1.165) is 12.1 Å². The summed E-state index contributed by atoms with van der Waals surface area (Å²) in [6, 6.07) is 4.59. The van der Waals surface area contributed by atoms with Crippen molar-refractivity contribution in [1.82, 2.24) is 4.90 Å². The van der Waals surface area contributed by atoms with Crippen LogP contribution in [0.4, 0.5) is 13.2 Å². The maximum Gasteiger partial charge on any atom is 0.416 e. The molecule has 0 unspecified atom stereocenters. The predicted molar refractivity (Wildman–Crippen MR) is 86.6 cm³/mol. The Balaban J connectivity index is 2.56. The average Bonchev–Trinajstić information content (AvgIpc) is 2.62. The molecule has 0 fully saturated rings. The lowest BCUT2D eigenvalue weighted by atomic mass is 10.2. The fourth-order valence-corrected chi connectivity index (χ4v) is 2.09. The quantitative estimate of drug-likeness (QED) is 0.584. The highest BCUT2D eigenvalue weighted by molar-refractivity contribution is 5.70. The number of esters is 2. The lowest BCUT2D eigenvalue weighted by Gasteiger charge is -2.21. The third-order valence-electron chi connectivity index (χ3n) is 3.56. The molecule has 6 nitrogen and oxygen atoms in total. The fourth-order valence-electron chi connectivity index (χ4n) is 2.09. The summed E-state index contributed by atoms with van der Waals surface area (Å²) in [5.74, 6) is -0.695.